The van der Waals surface area contributed by atoms with Crippen LogP contribution in [0.2, 0.25) is 0 Å². The maximum atomic E-state index is 12.5. The molecule has 0 bridgehead atoms. The number of amides is 4. The molecule has 0 unspecified atom stereocenters. The van der Waals surface area contributed by atoms with Gasteiger partial charge in [0.25, 0.3) is 0 Å². The van der Waals surface area contributed by atoms with Crippen molar-refractivity contribution in [1.82, 2.24) is 21.3 Å². The molecule has 1 rings (SSSR count). The van der Waals surface area contributed by atoms with Gasteiger partial charge < -0.3 is 35.5 Å². The summed E-state index contributed by atoms with van der Waals surface area (Å²) in [5.74, 6) is -2.44. The van der Waals surface area contributed by atoms with Crippen LogP contribution >= 0.6 is 11.8 Å². The standard InChI is InChI=1S/C24H34N4O9S/c1-15(27-23(34)36-13-16-9-7-6-8-10-16)21(32)38-14-17(20(31)25-12-19(30)35-5)28-18(29)11-26-22(33)37-24(2,3)4/h6-10,15,17H,11-14H2,1-5H3,(H,25,31)(H,26,33)(H,27,34)(H,28,29)/t15-,17-/m0/s1. The number of alkyl carbamates (subject to hydrolysis) is 2. The summed E-state index contributed by atoms with van der Waals surface area (Å²) in [5.41, 5.74) is 0.000693. The smallest absolute Gasteiger partial charge is 0.408 e. The summed E-state index contributed by atoms with van der Waals surface area (Å²) in [6.45, 7) is 5.46. The van der Waals surface area contributed by atoms with Crippen molar-refractivity contribution in [2.24, 2.45) is 0 Å². The highest BCUT2D eigenvalue weighted by Crippen LogP contribution is 2.10. The third-order valence-electron chi connectivity index (χ3n) is 4.37. The zero-order valence-electron chi connectivity index (χ0n) is 22.0. The lowest BCUT2D eigenvalue weighted by atomic mass is 10.2. The number of methoxy groups -OCH3 is 1. The van der Waals surface area contributed by atoms with E-state index in [4.69, 9.17) is 9.47 Å². The second-order valence-corrected chi connectivity index (χ2v) is 9.85. The fourth-order valence-electron chi connectivity index (χ4n) is 2.54. The van der Waals surface area contributed by atoms with Crippen molar-refractivity contribution >= 4 is 46.8 Å². The average Bonchev–Trinajstić information content (AvgIpc) is 2.86. The molecule has 0 saturated carbocycles. The zero-order valence-corrected chi connectivity index (χ0v) is 22.8. The van der Waals surface area contributed by atoms with E-state index in [1.807, 2.05) is 6.07 Å². The van der Waals surface area contributed by atoms with Crippen molar-refractivity contribution in [2.45, 2.75) is 52.0 Å². The van der Waals surface area contributed by atoms with E-state index in [0.717, 1.165) is 12.7 Å². The fraction of sp³-hybridized carbons (Fsp3) is 0.500. The molecule has 210 valence electrons. The summed E-state index contributed by atoms with van der Waals surface area (Å²) in [4.78, 5) is 72.5. The first-order valence-corrected chi connectivity index (χ1v) is 12.5. The van der Waals surface area contributed by atoms with Gasteiger partial charge in [-0.25, -0.2) is 9.59 Å². The topological polar surface area (TPSA) is 178 Å². The normalized spacial score (nSPS) is 12.2. The molecule has 4 N–H and O–H groups in total. The van der Waals surface area contributed by atoms with Gasteiger partial charge in [-0.05, 0) is 33.3 Å². The van der Waals surface area contributed by atoms with E-state index in [1.54, 1.807) is 45.0 Å². The van der Waals surface area contributed by atoms with Crippen LogP contribution in [0.4, 0.5) is 9.59 Å². The van der Waals surface area contributed by atoms with E-state index in [9.17, 15) is 28.8 Å². The number of nitrogens with one attached hydrogen (secondary N) is 4. The molecule has 0 aliphatic carbocycles. The monoisotopic (exact) mass is 554 g/mol. The average molecular weight is 555 g/mol. The quantitative estimate of drug-likeness (QED) is 0.214. The van der Waals surface area contributed by atoms with Crippen molar-refractivity contribution in [2.75, 3.05) is 26.0 Å². The number of hydrogen-bond donors (Lipinski definition) is 4. The van der Waals surface area contributed by atoms with E-state index < -0.39 is 65.9 Å². The first kappa shape index (κ1) is 32.2. The van der Waals surface area contributed by atoms with Crippen molar-refractivity contribution in [3.05, 3.63) is 35.9 Å². The molecule has 4 amide bonds. The molecule has 0 spiro atoms. The molecule has 0 aromatic heterocycles. The molecular weight excluding hydrogens is 520 g/mol. The molecule has 0 heterocycles. The third kappa shape index (κ3) is 14.1. The second kappa shape index (κ2) is 16.1. The summed E-state index contributed by atoms with van der Waals surface area (Å²) >= 11 is 0.679. The Hall–Kier alpha value is -3.81. The minimum atomic E-state index is -1.25. The first-order valence-electron chi connectivity index (χ1n) is 11.5. The number of benzene rings is 1. The van der Waals surface area contributed by atoms with Gasteiger partial charge in [0.1, 0.15) is 31.3 Å². The molecule has 1 aromatic carbocycles. The van der Waals surface area contributed by atoms with E-state index >= 15 is 0 Å². The second-order valence-electron chi connectivity index (χ2n) is 8.83. The summed E-state index contributed by atoms with van der Waals surface area (Å²) < 4.78 is 14.6. The molecule has 38 heavy (non-hydrogen) atoms. The van der Waals surface area contributed by atoms with Crippen LogP contribution in [0, 0.1) is 0 Å². The van der Waals surface area contributed by atoms with Crippen LogP contribution in [0.5, 0.6) is 0 Å². The van der Waals surface area contributed by atoms with Gasteiger partial charge in [-0.1, -0.05) is 42.1 Å². The first-order chi connectivity index (χ1) is 17.8. The van der Waals surface area contributed by atoms with Crippen molar-refractivity contribution in [1.29, 1.82) is 0 Å². The molecular formula is C24H34N4O9S. The summed E-state index contributed by atoms with van der Waals surface area (Å²) in [7, 11) is 1.14. The molecule has 14 heteroatoms. The Labute approximate surface area is 225 Å². The molecule has 0 fully saturated rings. The van der Waals surface area contributed by atoms with Crippen LogP contribution in [-0.2, 0) is 40.0 Å². The Morgan fingerprint density at radius 2 is 1.58 bits per heavy atom. The highest BCUT2D eigenvalue weighted by atomic mass is 32.2. The number of carbonyl (C=O) groups excluding carboxylic acids is 6. The molecule has 0 radical (unpaired) electrons. The minimum absolute atomic E-state index is 0.0204. The summed E-state index contributed by atoms with van der Waals surface area (Å²) in [5, 5.41) is 8.84. The van der Waals surface area contributed by atoms with Crippen LogP contribution in [0.3, 0.4) is 0 Å². The SMILES string of the molecule is COC(=O)CNC(=O)[C@H](CSC(=O)[C@H](C)NC(=O)OCc1ccccc1)NC(=O)CNC(=O)OC(C)(C)C. The van der Waals surface area contributed by atoms with E-state index in [-0.39, 0.29) is 12.4 Å². The van der Waals surface area contributed by atoms with Gasteiger partial charge in [-0.15, -0.1) is 0 Å². The number of hydrogen-bond acceptors (Lipinski definition) is 10. The summed E-state index contributed by atoms with van der Waals surface area (Å²) in [6.07, 6.45) is -1.63. The Morgan fingerprint density at radius 3 is 2.18 bits per heavy atom. The van der Waals surface area contributed by atoms with E-state index in [2.05, 4.69) is 26.0 Å². The Morgan fingerprint density at radius 1 is 0.921 bits per heavy atom. The van der Waals surface area contributed by atoms with Gasteiger partial charge in [0.05, 0.1) is 13.2 Å². The molecule has 0 aliphatic rings. The fourth-order valence-corrected chi connectivity index (χ4v) is 3.42. The Balaban J connectivity index is 2.64. The van der Waals surface area contributed by atoms with Gasteiger partial charge in [0.15, 0.2) is 0 Å². The number of esters is 1. The third-order valence-corrected chi connectivity index (χ3v) is 5.51. The van der Waals surface area contributed by atoms with Crippen LogP contribution in [0.1, 0.15) is 33.3 Å². The maximum absolute atomic E-state index is 12.5. The number of carbonyl (C=O) groups is 6. The van der Waals surface area contributed by atoms with Gasteiger partial charge >= 0.3 is 18.2 Å². The number of ether oxygens (including phenoxy) is 3. The lowest BCUT2D eigenvalue weighted by Crippen LogP contribution is -2.52. The van der Waals surface area contributed by atoms with Crippen LogP contribution in [-0.4, -0.2) is 78.7 Å². The minimum Gasteiger partial charge on any atom is -0.468 e. The Kier molecular flexibility index (Phi) is 13.7. The summed E-state index contributed by atoms with van der Waals surface area (Å²) in [6, 6.07) is 6.75. The maximum Gasteiger partial charge on any atom is 0.408 e. The predicted molar refractivity (Wildman–Crippen MR) is 138 cm³/mol. The lowest BCUT2D eigenvalue weighted by molar-refractivity contribution is -0.141. The van der Waals surface area contributed by atoms with Crippen LogP contribution < -0.4 is 21.3 Å². The largest absolute Gasteiger partial charge is 0.468 e. The molecule has 2 atom stereocenters. The van der Waals surface area contributed by atoms with Gasteiger partial charge in [0.2, 0.25) is 16.9 Å². The van der Waals surface area contributed by atoms with E-state index in [1.165, 1.54) is 6.92 Å². The van der Waals surface area contributed by atoms with Crippen molar-refractivity contribution in [3.8, 4) is 0 Å². The highest BCUT2D eigenvalue weighted by Gasteiger charge is 2.26. The van der Waals surface area contributed by atoms with Crippen molar-refractivity contribution in [3.63, 3.8) is 0 Å². The van der Waals surface area contributed by atoms with E-state index in [0.29, 0.717) is 11.8 Å². The predicted octanol–water partition coefficient (Wildman–Crippen LogP) is 0.860. The lowest BCUT2D eigenvalue weighted by Gasteiger charge is -2.21. The molecule has 13 nitrogen and oxygen atoms in total. The highest BCUT2D eigenvalue weighted by molar-refractivity contribution is 8.13. The Bertz CT molecular complexity index is 983. The number of rotatable bonds is 12. The molecule has 0 saturated heterocycles. The van der Waals surface area contributed by atoms with Crippen molar-refractivity contribution < 1.29 is 43.0 Å². The molecule has 0 aliphatic heterocycles. The number of thioether (sulfide) groups is 1. The van der Waals surface area contributed by atoms with Gasteiger partial charge in [0, 0.05) is 5.75 Å². The molecule has 1 aromatic rings. The van der Waals surface area contributed by atoms with Crippen LogP contribution in [0.25, 0.3) is 0 Å². The zero-order chi connectivity index (χ0) is 28.7. The van der Waals surface area contributed by atoms with Gasteiger partial charge in [-0.2, -0.15) is 0 Å². The van der Waals surface area contributed by atoms with Gasteiger partial charge in [-0.3, -0.25) is 19.2 Å². The van der Waals surface area contributed by atoms with Crippen LogP contribution in [0.15, 0.2) is 30.3 Å².